The lowest BCUT2D eigenvalue weighted by Gasteiger charge is -2.29. The Balaban J connectivity index is 2.23. The van der Waals surface area contributed by atoms with Gasteiger partial charge < -0.3 is 5.32 Å². The summed E-state index contributed by atoms with van der Waals surface area (Å²) in [5, 5.41) is 3.94. The van der Waals surface area contributed by atoms with Crippen LogP contribution in [0.1, 0.15) is 19.8 Å². The van der Waals surface area contributed by atoms with E-state index in [2.05, 4.69) is 12.2 Å². The monoisotopic (exact) mass is 237 g/mol. The van der Waals surface area contributed by atoms with Crippen LogP contribution in [0.25, 0.3) is 0 Å². The molecule has 1 aliphatic heterocycles. The molecule has 0 aromatic carbocycles. The normalized spacial score (nSPS) is 29.0. The zero-order valence-electron chi connectivity index (χ0n) is 8.82. The summed E-state index contributed by atoms with van der Waals surface area (Å²) in [5.74, 6) is 1.49. The van der Waals surface area contributed by atoms with Crippen molar-refractivity contribution in [2.45, 2.75) is 31.1 Å². The van der Waals surface area contributed by atoms with E-state index in [1.807, 2.05) is 11.8 Å². The Kier molecular flexibility index (Phi) is 4.73. The standard InChI is InChI=1S/C9H19NO2S2/c1-8-9(4-3-6-13-8)10-5-7-14(2,11)12/h8-10H,3-7H2,1-2H3. The minimum absolute atomic E-state index is 0.251. The van der Waals surface area contributed by atoms with Gasteiger partial charge in [-0.2, -0.15) is 11.8 Å². The number of hydrogen-bond donors (Lipinski definition) is 1. The molecule has 1 heterocycles. The van der Waals surface area contributed by atoms with Gasteiger partial charge in [-0.15, -0.1) is 0 Å². The van der Waals surface area contributed by atoms with Gasteiger partial charge in [0, 0.05) is 24.1 Å². The summed E-state index contributed by atoms with van der Waals surface area (Å²) in [6, 6.07) is 0.496. The van der Waals surface area contributed by atoms with Crippen LogP contribution in [0, 0.1) is 0 Å². The third-order valence-electron chi connectivity index (χ3n) is 2.49. The van der Waals surface area contributed by atoms with Gasteiger partial charge in [0.2, 0.25) is 0 Å². The molecule has 0 spiro atoms. The molecule has 0 amide bonds. The molecule has 0 aromatic rings. The van der Waals surface area contributed by atoms with Crippen LogP contribution in [0.4, 0.5) is 0 Å². The highest BCUT2D eigenvalue weighted by Crippen LogP contribution is 2.24. The van der Waals surface area contributed by atoms with E-state index >= 15 is 0 Å². The summed E-state index contributed by atoms with van der Waals surface area (Å²) < 4.78 is 21.8. The summed E-state index contributed by atoms with van der Waals surface area (Å²) >= 11 is 1.97. The lowest BCUT2D eigenvalue weighted by atomic mass is 10.1. The first kappa shape index (κ1) is 12.3. The molecule has 1 saturated heterocycles. The summed E-state index contributed by atoms with van der Waals surface area (Å²) in [4.78, 5) is 0. The molecule has 1 aliphatic rings. The number of nitrogens with one attached hydrogen (secondary N) is 1. The van der Waals surface area contributed by atoms with E-state index < -0.39 is 9.84 Å². The fourth-order valence-corrected chi connectivity index (χ4v) is 3.28. The molecule has 3 nitrogen and oxygen atoms in total. The van der Waals surface area contributed by atoms with Crippen LogP contribution in [-0.4, -0.2) is 44.0 Å². The largest absolute Gasteiger partial charge is 0.312 e. The molecule has 1 fully saturated rings. The summed E-state index contributed by atoms with van der Waals surface area (Å²) in [5.41, 5.74) is 0. The number of thioether (sulfide) groups is 1. The topological polar surface area (TPSA) is 46.2 Å². The molecule has 0 saturated carbocycles. The smallest absolute Gasteiger partial charge is 0.148 e. The van der Waals surface area contributed by atoms with Crippen LogP contribution in [0.2, 0.25) is 0 Å². The summed E-state index contributed by atoms with van der Waals surface area (Å²) in [6.07, 6.45) is 3.71. The minimum atomic E-state index is -2.81. The first-order valence-electron chi connectivity index (χ1n) is 5.02. The predicted molar refractivity (Wildman–Crippen MR) is 62.7 cm³/mol. The Morgan fingerprint density at radius 2 is 2.21 bits per heavy atom. The maximum atomic E-state index is 10.9. The van der Waals surface area contributed by atoms with Crippen molar-refractivity contribution in [3.8, 4) is 0 Å². The van der Waals surface area contributed by atoms with Gasteiger partial charge in [-0.05, 0) is 18.6 Å². The molecular formula is C9H19NO2S2. The molecule has 0 bridgehead atoms. The molecule has 0 radical (unpaired) electrons. The quantitative estimate of drug-likeness (QED) is 0.789. The lowest BCUT2D eigenvalue weighted by molar-refractivity contribution is 0.474. The fraction of sp³-hybridized carbons (Fsp3) is 1.00. The molecule has 1 rings (SSSR count). The van der Waals surface area contributed by atoms with E-state index in [0.29, 0.717) is 17.8 Å². The van der Waals surface area contributed by atoms with Gasteiger partial charge in [-0.1, -0.05) is 6.92 Å². The van der Waals surface area contributed by atoms with Crippen molar-refractivity contribution in [1.82, 2.24) is 5.32 Å². The first-order valence-corrected chi connectivity index (χ1v) is 8.13. The molecule has 0 aliphatic carbocycles. The summed E-state index contributed by atoms with van der Waals surface area (Å²) in [7, 11) is -2.81. The van der Waals surface area contributed by atoms with E-state index in [0.717, 1.165) is 0 Å². The zero-order valence-corrected chi connectivity index (χ0v) is 10.5. The van der Waals surface area contributed by atoms with Crippen molar-refractivity contribution in [3.63, 3.8) is 0 Å². The molecule has 2 unspecified atom stereocenters. The van der Waals surface area contributed by atoms with Crippen LogP contribution >= 0.6 is 11.8 Å². The molecule has 1 N–H and O–H groups in total. The SMILES string of the molecule is CC1SCCCC1NCCS(C)(=O)=O. The number of sulfone groups is 1. The highest BCUT2D eigenvalue weighted by atomic mass is 32.2. The highest BCUT2D eigenvalue weighted by molar-refractivity contribution is 7.99. The second kappa shape index (κ2) is 5.37. The highest BCUT2D eigenvalue weighted by Gasteiger charge is 2.21. The van der Waals surface area contributed by atoms with E-state index in [4.69, 9.17) is 0 Å². The Labute approximate surface area is 91.0 Å². The van der Waals surface area contributed by atoms with Crippen molar-refractivity contribution < 1.29 is 8.42 Å². The first-order chi connectivity index (χ1) is 6.49. The van der Waals surface area contributed by atoms with Gasteiger partial charge in [0.15, 0.2) is 0 Å². The lowest BCUT2D eigenvalue weighted by Crippen LogP contribution is -2.41. The van der Waals surface area contributed by atoms with Crippen LogP contribution in [0.3, 0.4) is 0 Å². The summed E-state index contributed by atoms with van der Waals surface area (Å²) in [6.45, 7) is 2.80. The zero-order chi connectivity index (χ0) is 10.6. The van der Waals surface area contributed by atoms with Gasteiger partial charge in [0.1, 0.15) is 9.84 Å². The molecule has 2 atom stereocenters. The molecule has 0 aromatic heterocycles. The maximum absolute atomic E-state index is 10.9. The molecule has 14 heavy (non-hydrogen) atoms. The second-order valence-electron chi connectivity index (χ2n) is 3.91. The average Bonchev–Trinajstić information content (AvgIpc) is 2.06. The molecular weight excluding hydrogens is 218 g/mol. The predicted octanol–water partition coefficient (Wildman–Crippen LogP) is 0.905. The Morgan fingerprint density at radius 1 is 1.50 bits per heavy atom. The van der Waals surface area contributed by atoms with E-state index in [1.165, 1.54) is 24.9 Å². The second-order valence-corrected chi connectivity index (χ2v) is 7.65. The Hall–Kier alpha value is 0.260. The van der Waals surface area contributed by atoms with Gasteiger partial charge in [-0.25, -0.2) is 8.42 Å². The minimum Gasteiger partial charge on any atom is -0.312 e. The maximum Gasteiger partial charge on any atom is 0.148 e. The van der Waals surface area contributed by atoms with Crippen LogP contribution < -0.4 is 5.32 Å². The Morgan fingerprint density at radius 3 is 2.79 bits per heavy atom. The van der Waals surface area contributed by atoms with Crippen LogP contribution in [-0.2, 0) is 9.84 Å². The van der Waals surface area contributed by atoms with Gasteiger partial charge in [-0.3, -0.25) is 0 Å². The third-order valence-corrected chi connectivity index (χ3v) is 4.81. The van der Waals surface area contributed by atoms with Crippen LogP contribution in [0.15, 0.2) is 0 Å². The number of rotatable bonds is 4. The van der Waals surface area contributed by atoms with Crippen molar-refractivity contribution in [1.29, 1.82) is 0 Å². The third kappa shape index (κ3) is 4.66. The van der Waals surface area contributed by atoms with Crippen molar-refractivity contribution in [3.05, 3.63) is 0 Å². The van der Waals surface area contributed by atoms with Crippen molar-refractivity contribution >= 4 is 21.6 Å². The average molecular weight is 237 g/mol. The Bertz CT molecular complexity index is 264. The van der Waals surface area contributed by atoms with E-state index in [-0.39, 0.29) is 5.75 Å². The molecule has 5 heteroatoms. The van der Waals surface area contributed by atoms with Crippen molar-refractivity contribution in [2.75, 3.05) is 24.3 Å². The van der Waals surface area contributed by atoms with Crippen molar-refractivity contribution in [2.24, 2.45) is 0 Å². The van der Waals surface area contributed by atoms with Crippen LogP contribution in [0.5, 0.6) is 0 Å². The van der Waals surface area contributed by atoms with Gasteiger partial charge in [0.25, 0.3) is 0 Å². The molecule has 84 valence electrons. The van der Waals surface area contributed by atoms with E-state index in [9.17, 15) is 8.42 Å². The number of hydrogen-bond acceptors (Lipinski definition) is 4. The van der Waals surface area contributed by atoms with Gasteiger partial charge >= 0.3 is 0 Å². The van der Waals surface area contributed by atoms with Gasteiger partial charge in [0.05, 0.1) is 5.75 Å². The van der Waals surface area contributed by atoms with E-state index in [1.54, 1.807) is 0 Å². The fourth-order valence-electron chi connectivity index (χ4n) is 1.62.